The number of rotatable bonds is 6. The molecule has 1 aromatic carbocycles. The quantitative estimate of drug-likeness (QED) is 0.497. The van der Waals surface area contributed by atoms with Crippen LogP contribution in [0.3, 0.4) is 0 Å². The number of esters is 1. The Morgan fingerprint density at radius 1 is 1.14 bits per heavy atom. The molecule has 0 heterocycles. The summed E-state index contributed by atoms with van der Waals surface area (Å²) in [7, 11) is 0. The van der Waals surface area contributed by atoms with Crippen molar-refractivity contribution in [2.75, 3.05) is 0 Å². The van der Waals surface area contributed by atoms with E-state index in [0.717, 1.165) is 12.8 Å². The van der Waals surface area contributed by atoms with Gasteiger partial charge in [0.05, 0.1) is 5.92 Å². The van der Waals surface area contributed by atoms with Crippen LogP contribution in [0.25, 0.3) is 0 Å². The molecule has 2 nitrogen and oxygen atoms in total. The molecule has 1 unspecified atom stereocenters. The highest BCUT2D eigenvalue weighted by Gasteiger charge is 2.23. The molecule has 1 aliphatic carbocycles. The molecule has 0 aromatic heterocycles. The SMILES string of the molecule is CCCC(C(=O)Oc1ccc(C2CCCCC2)cc1)C(C)C. The molecule has 1 fully saturated rings. The van der Waals surface area contributed by atoms with Crippen molar-refractivity contribution in [1.29, 1.82) is 0 Å². The fourth-order valence-electron chi connectivity index (χ4n) is 3.47. The van der Waals surface area contributed by atoms with Crippen LogP contribution in [0.1, 0.15) is 77.2 Å². The van der Waals surface area contributed by atoms with Gasteiger partial charge < -0.3 is 4.74 Å². The second-order valence-corrected chi connectivity index (χ2v) is 6.96. The predicted molar refractivity (Wildman–Crippen MR) is 91.1 cm³/mol. The van der Waals surface area contributed by atoms with E-state index in [1.165, 1.54) is 37.7 Å². The third-order valence-electron chi connectivity index (χ3n) is 4.88. The maximum absolute atomic E-state index is 12.3. The summed E-state index contributed by atoms with van der Waals surface area (Å²) in [4.78, 5) is 12.3. The first-order valence-electron chi connectivity index (χ1n) is 8.93. The first-order chi connectivity index (χ1) is 10.6. The summed E-state index contributed by atoms with van der Waals surface area (Å²) in [6.07, 6.45) is 8.56. The minimum absolute atomic E-state index is 0.00280. The molecule has 2 heteroatoms. The van der Waals surface area contributed by atoms with Crippen LogP contribution in [0.15, 0.2) is 24.3 Å². The maximum atomic E-state index is 12.3. The smallest absolute Gasteiger partial charge is 0.314 e. The summed E-state index contributed by atoms with van der Waals surface area (Å²) in [5.41, 5.74) is 1.40. The van der Waals surface area contributed by atoms with Crippen LogP contribution in [-0.2, 0) is 4.79 Å². The van der Waals surface area contributed by atoms with Crippen molar-refractivity contribution >= 4 is 5.97 Å². The molecule has 0 spiro atoms. The lowest BCUT2D eigenvalue weighted by molar-refractivity contribution is -0.140. The van der Waals surface area contributed by atoms with Crippen molar-refractivity contribution in [1.82, 2.24) is 0 Å². The van der Waals surface area contributed by atoms with Gasteiger partial charge in [-0.15, -0.1) is 0 Å². The van der Waals surface area contributed by atoms with Crippen molar-refractivity contribution in [2.45, 2.75) is 71.6 Å². The van der Waals surface area contributed by atoms with Crippen LogP contribution >= 0.6 is 0 Å². The van der Waals surface area contributed by atoms with Crippen LogP contribution in [0, 0.1) is 11.8 Å². The zero-order chi connectivity index (χ0) is 15.9. The van der Waals surface area contributed by atoms with Crippen LogP contribution < -0.4 is 4.74 Å². The molecule has 0 radical (unpaired) electrons. The molecule has 2 rings (SSSR count). The summed E-state index contributed by atoms with van der Waals surface area (Å²) < 4.78 is 5.59. The van der Waals surface area contributed by atoms with Gasteiger partial charge in [0.25, 0.3) is 0 Å². The van der Waals surface area contributed by atoms with Gasteiger partial charge in [-0.25, -0.2) is 0 Å². The molecule has 122 valence electrons. The Labute approximate surface area is 135 Å². The Kier molecular flexibility index (Phi) is 6.48. The number of carbonyl (C=O) groups excluding carboxylic acids is 1. The van der Waals surface area contributed by atoms with E-state index >= 15 is 0 Å². The molecule has 1 atom stereocenters. The second kappa shape index (κ2) is 8.36. The molecule has 1 aromatic rings. The summed E-state index contributed by atoms with van der Waals surface area (Å²) in [5, 5.41) is 0. The third kappa shape index (κ3) is 4.59. The zero-order valence-corrected chi connectivity index (χ0v) is 14.3. The fourth-order valence-corrected chi connectivity index (χ4v) is 3.47. The van der Waals surface area contributed by atoms with E-state index in [9.17, 15) is 4.79 Å². The number of hydrogen-bond acceptors (Lipinski definition) is 2. The molecule has 0 bridgehead atoms. The van der Waals surface area contributed by atoms with Crippen LogP contribution in [0.5, 0.6) is 5.75 Å². The molecule has 1 aliphatic rings. The lowest BCUT2D eigenvalue weighted by atomic mass is 9.84. The van der Waals surface area contributed by atoms with Crippen molar-refractivity contribution in [2.24, 2.45) is 11.8 Å². The highest BCUT2D eigenvalue weighted by molar-refractivity contribution is 5.75. The lowest BCUT2D eigenvalue weighted by Crippen LogP contribution is -2.25. The molecular weight excluding hydrogens is 272 g/mol. The standard InChI is InChI=1S/C20H30O2/c1-4-8-19(15(2)3)20(21)22-18-13-11-17(12-14-18)16-9-6-5-7-10-16/h11-16,19H,4-10H2,1-3H3. The van der Waals surface area contributed by atoms with Crippen LogP contribution in [0.4, 0.5) is 0 Å². The number of hydrogen-bond donors (Lipinski definition) is 0. The number of ether oxygens (including phenoxy) is 1. The minimum Gasteiger partial charge on any atom is -0.426 e. The monoisotopic (exact) mass is 302 g/mol. The highest BCUT2D eigenvalue weighted by atomic mass is 16.5. The number of carbonyl (C=O) groups is 1. The van der Waals surface area contributed by atoms with Gasteiger partial charge in [0.2, 0.25) is 0 Å². The third-order valence-corrected chi connectivity index (χ3v) is 4.88. The Morgan fingerprint density at radius 3 is 2.32 bits per heavy atom. The first kappa shape index (κ1) is 17.1. The average Bonchev–Trinajstić information content (AvgIpc) is 2.53. The highest BCUT2D eigenvalue weighted by Crippen LogP contribution is 2.33. The Balaban J connectivity index is 1.96. The van der Waals surface area contributed by atoms with Gasteiger partial charge in [-0.05, 0) is 48.8 Å². The summed E-state index contributed by atoms with van der Waals surface area (Å²) in [6.45, 7) is 6.29. The molecule has 0 saturated heterocycles. The van der Waals surface area contributed by atoms with E-state index in [1.54, 1.807) is 0 Å². The van der Waals surface area contributed by atoms with E-state index in [-0.39, 0.29) is 11.9 Å². The van der Waals surface area contributed by atoms with Crippen molar-refractivity contribution < 1.29 is 9.53 Å². The van der Waals surface area contributed by atoms with E-state index in [2.05, 4.69) is 32.9 Å². The molecule has 22 heavy (non-hydrogen) atoms. The van der Waals surface area contributed by atoms with Gasteiger partial charge in [-0.2, -0.15) is 0 Å². The van der Waals surface area contributed by atoms with Crippen molar-refractivity contribution in [3.8, 4) is 5.75 Å². The van der Waals surface area contributed by atoms with Gasteiger partial charge in [0.15, 0.2) is 0 Å². The normalized spacial score (nSPS) is 17.5. The summed E-state index contributed by atoms with van der Waals surface area (Å²) >= 11 is 0. The molecule has 0 aliphatic heterocycles. The van der Waals surface area contributed by atoms with Crippen LogP contribution in [-0.4, -0.2) is 5.97 Å². The summed E-state index contributed by atoms with van der Waals surface area (Å²) in [6, 6.07) is 8.21. The van der Waals surface area contributed by atoms with Crippen molar-refractivity contribution in [3.63, 3.8) is 0 Å². The summed E-state index contributed by atoms with van der Waals surface area (Å²) in [5.74, 6) is 1.63. The Bertz CT molecular complexity index is 455. The van der Waals surface area contributed by atoms with E-state index in [4.69, 9.17) is 4.74 Å². The topological polar surface area (TPSA) is 26.3 Å². The maximum Gasteiger partial charge on any atom is 0.314 e. The largest absolute Gasteiger partial charge is 0.426 e. The molecule has 0 N–H and O–H groups in total. The van der Waals surface area contributed by atoms with E-state index < -0.39 is 0 Å². The van der Waals surface area contributed by atoms with Crippen molar-refractivity contribution in [3.05, 3.63) is 29.8 Å². The average molecular weight is 302 g/mol. The van der Waals surface area contributed by atoms with Gasteiger partial charge >= 0.3 is 5.97 Å². The fraction of sp³-hybridized carbons (Fsp3) is 0.650. The van der Waals surface area contributed by atoms with Gasteiger partial charge in [-0.1, -0.05) is 58.6 Å². The van der Waals surface area contributed by atoms with E-state index in [0.29, 0.717) is 17.6 Å². The second-order valence-electron chi connectivity index (χ2n) is 6.96. The molecule has 0 amide bonds. The first-order valence-corrected chi connectivity index (χ1v) is 8.93. The molecular formula is C20H30O2. The molecule has 1 saturated carbocycles. The van der Waals surface area contributed by atoms with Gasteiger partial charge in [0, 0.05) is 0 Å². The Hall–Kier alpha value is -1.31. The number of benzene rings is 1. The van der Waals surface area contributed by atoms with Gasteiger partial charge in [0.1, 0.15) is 5.75 Å². The van der Waals surface area contributed by atoms with E-state index in [1.807, 2.05) is 12.1 Å². The minimum atomic E-state index is -0.0812. The lowest BCUT2D eigenvalue weighted by Gasteiger charge is -2.22. The zero-order valence-electron chi connectivity index (χ0n) is 14.3. The Morgan fingerprint density at radius 2 is 1.77 bits per heavy atom. The predicted octanol–water partition coefficient (Wildman–Crippen LogP) is 5.71. The van der Waals surface area contributed by atoms with Gasteiger partial charge in [-0.3, -0.25) is 4.79 Å². The van der Waals surface area contributed by atoms with Crippen LogP contribution in [0.2, 0.25) is 0 Å².